The monoisotopic (exact) mass is 264 g/mol. The maximum Gasteiger partial charge on any atom is 0.176 e. The summed E-state index contributed by atoms with van der Waals surface area (Å²) in [7, 11) is -0.0354. The molecule has 0 aromatic heterocycles. The minimum absolute atomic E-state index is 0.0354. The van der Waals surface area contributed by atoms with Crippen molar-refractivity contribution >= 4 is 25.8 Å². The van der Waals surface area contributed by atoms with E-state index in [0.717, 1.165) is 0 Å². The summed E-state index contributed by atoms with van der Waals surface area (Å²) >= 11 is 3.74. The molecule has 0 N–H and O–H groups in total. The fourth-order valence-electron chi connectivity index (χ4n) is 1.58. The lowest BCUT2D eigenvalue weighted by Gasteiger charge is -2.48. The van der Waals surface area contributed by atoms with Crippen LogP contribution >= 0.6 is 15.9 Å². The predicted octanol–water partition coefficient (Wildman–Crippen LogP) is 1.88. The molecular formula is C9H21BrN2Si. The number of hydrogen-bond donors (Lipinski definition) is 0. The van der Waals surface area contributed by atoms with E-state index in [2.05, 4.69) is 38.9 Å². The van der Waals surface area contributed by atoms with Gasteiger partial charge in [-0.2, -0.15) is 0 Å². The third-order valence-corrected chi connectivity index (χ3v) is 6.84. The van der Waals surface area contributed by atoms with Gasteiger partial charge in [0, 0.05) is 0 Å². The van der Waals surface area contributed by atoms with Gasteiger partial charge >= 0.3 is 0 Å². The molecule has 0 spiro atoms. The van der Waals surface area contributed by atoms with E-state index < -0.39 is 0 Å². The van der Waals surface area contributed by atoms with Crippen molar-refractivity contribution in [2.45, 2.75) is 44.6 Å². The van der Waals surface area contributed by atoms with Crippen LogP contribution in [0.5, 0.6) is 0 Å². The lowest BCUT2D eigenvalue weighted by Crippen LogP contribution is -2.63. The summed E-state index contributed by atoms with van der Waals surface area (Å²) in [4.78, 5) is 0. The summed E-state index contributed by atoms with van der Waals surface area (Å²) in [5, 5.41) is 0.581. The summed E-state index contributed by atoms with van der Waals surface area (Å²) in [6, 6.07) is 0. The van der Waals surface area contributed by atoms with Gasteiger partial charge in [0.25, 0.3) is 0 Å². The first-order valence-corrected chi connectivity index (χ1v) is 7.59. The predicted molar refractivity (Wildman–Crippen MR) is 64.5 cm³/mol. The van der Waals surface area contributed by atoms with Gasteiger partial charge in [-0.25, -0.2) is 0 Å². The van der Waals surface area contributed by atoms with Crippen molar-refractivity contribution in [1.29, 1.82) is 0 Å². The highest BCUT2D eigenvalue weighted by molar-refractivity contribution is 9.09. The van der Waals surface area contributed by atoms with Crippen LogP contribution < -0.4 is 0 Å². The van der Waals surface area contributed by atoms with Crippen molar-refractivity contribution < 1.29 is 0 Å². The van der Waals surface area contributed by atoms with Crippen LogP contribution in [0.1, 0.15) is 39.5 Å². The zero-order chi connectivity index (χ0) is 9.68. The van der Waals surface area contributed by atoms with Crippen molar-refractivity contribution in [2.75, 3.05) is 13.1 Å². The van der Waals surface area contributed by atoms with Crippen molar-refractivity contribution in [3.05, 3.63) is 0 Å². The number of rotatable bonds is 6. The van der Waals surface area contributed by atoms with Crippen LogP contribution in [0, 0.1) is 0 Å². The number of unbranched alkanes of at least 4 members (excludes halogenated alkanes) is 2. The Balaban J connectivity index is 2.07. The van der Waals surface area contributed by atoms with Gasteiger partial charge in [-0.15, -0.1) is 0 Å². The standard InChI is InChI=1S/C9H21BrN2Si/c1-3-5-7-11-9(10)12(13-11)8-6-4-2/h9H,3-8,13H2,1-2H3. The molecule has 0 atom stereocenters. The van der Waals surface area contributed by atoms with E-state index in [0.29, 0.717) is 5.08 Å². The van der Waals surface area contributed by atoms with Crippen LogP contribution in [-0.2, 0) is 0 Å². The molecule has 1 heterocycles. The van der Waals surface area contributed by atoms with Crippen LogP contribution in [0.3, 0.4) is 0 Å². The van der Waals surface area contributed by atoms with Gasteiger partial charge in [0.15, 0.2) is 9.84 Å². The van der Waals surface area contributed by atoms with E-state index in [4.69, 9.17) is 0 Å². The van der Waals surface area contributed by atoms with Crippen LogP contribution in [0.4, 0.5) is 0 Å². The van der Waals surface area contributed by atoms with Gasteiger partial charge in [-0.3, -0.25) is 9.13 Å². The molecule has 0 bridgehead atoms. The molecule has 0 saturated carbocycles. The van der Waals surface area contributed by atoms with E-state index in [1.54, 1.807) is 0 Å². The molecule has 0 aromatic rings. The van der Waals surface area contributed by atoms with E-state index in [9.17, 15) is 0 Å². The van der Waals surface area contributed by atoms with Crippen molar-refractivity contribution in [1.82, 2.24) is 9.13 Å². The number of hydrogen-bond acceptors (Lipinski definition) is 2. The van der Waals surface area contributed by atoms with Gasteiger partial charge in [0.05, 0.1) is 0 Å². The first-order valence-electron chi connectivity index (χ1n) is 5.41. The first kappa shape index (κ1) is 11.7. The van der Waals surface area contributed by atoms with Gasteiger partial charge in [0.2, 0.25) is 0 Å². The van der Waals surface area contributed by atoms with E-state index in [1.807, 2.05) is 0 Å². The summed E-state index contributed by atoms with van der Waals surface area (Å²) in [5.41, 5.74) is 0. The Morgan fingerprint density at radius 1 is 1.08 bits per heavy atom. The normalized spacial score (nSPS) is 26.5. The summed E-state index contributed by atoms with van der Waals surface area (Å²) in [6.07, 6.45) is 5.35. The van der Waals surface area contributed by atoms with Gasteiger partial charge < -0.3 is 0 Å². The topological polar surface area (TPSA) is 6.48 Å². The van der Waals surface area contributed by atoms with E-state index >= 15 is 0 Å². The second-order valence-corrected chi connectivity index (χ2v) is 6.51. The number of alkyl halides is 1. The van der Waals surface area contributed by atoms with Crippen molar-refractivity contribution in [3.63, 3.8) is 0 Å². The fourth-order valence-corrected chi connectivity index (χ4v) is 4.39. The van der Waals surface area contributed by atoms with Crippen molar-refractivity contribution in [2.24, 2.45) is 0 Å². The van der Waals surface area contributed by atoms with Crippen LogP contribution in [-0.4, -0.2) is 37.1 Å². The molecule has 1 fully saturated rings. The molecule has 1 rings (SSSR count). The minimum atomic E-state index is -0.0354. The second-order valence-electron chi connectivity index (χ2n) is 3.78. The third kappa shape index (κ3) is 3.35. The molecule has 1 aliphatic heterocycles. The Hall–Kier alpha value is 0.617. The maximum atomic E-state index is 3.74. The first-order chi connectivity index (χ1) is 6.29. The molecule has 0 amide bonds. The lowest BCUT2D eigenvalue weighted by atomic mass is 10.3. The number of nitrogens with zero attached hydrogens (tertiary/aromatic N) is 2. The van der Waals surface area contributed by atoms with Crippen LogP contribution in [0.2, 0.25) is 0 Å². The highest BCUT2D eigenvalue weighted by Gasteiger charge is 2.32. The average Bonchev–Trinajstić information content (AvgIpc) is 2.15. The molecule has 78 valence electrons. The molecule has 0 aliphatic carbocycles. The summed E-state index contributed by atoms with van der Waals surface area (Å²) in [6.45, 7) is 7.14. The number of halogens is 1. The van der Waals surface area contributed by atoms with E-state index in [-0.39, 0.29) is 9.84 Å². The summed E-state index contributed by atoms with van der Waals surface area (Å²) in [5.74, 6) is 0. The SMILES string of the molecule is CCCCN1[SiH2]N(CCCC)C1Br. The molecule has 0 radical (unpaired) electrons. The molecule has 1 aliphatic rings. The van der Waals surface area contributed by atoms with Crippen LogP contribution in [0.15, 0.2) is 0 Å². The Morgan fingerprint density at radius 3 is 1.85 bits per heavy atom. The molecular weight excluding hydrogens is 244 g/mol. The maximum absolute atomic E-state index is 3.74. The lowest BCUT2D eigenvalue weighted by molar-refractivity contribution is 0.172. The molecule has 13 heavy (non-hydrogen) atoms. The quantitative estimate of drug-likeness (QED) is 0.411. The molecule has 2 nitrogen and oxygen atoms in total. The second kappa shape index (κ2) is 6.17. The van der Waals surface area contributed by atoms with Gasteiger partial charge in [-0.1, -0.05) is 42.6 Å². The Kier molecular flexibility index (Phi) is 5.55. The fraction of sp³-hybridized carbons (Fsp3) is 1.00. The zero-order valence-corrected chi connectivity index (χ0v) is 11.8. The summed E-state index contributed by atoms with van der Waals surface area (Å²) < 4.78 is 5.25. The zero-order valence-electron chi connectivity index (χ0n) is 8.80. The van der Waals surface area contributed by atoms with Gasteiger partial charge in [0.1, 0.15) is 5.08 Å². The van der Waals surface area contributed by atoms with E-state index in [1.165, 1.54) is 38.8 Å². The molecule has 1 saturated heterocycles. The Labute approximate surface area is 92.8 Å². The largest absolute Gasteiger partial charge is 0.293 e. The highest BCUT2D eigenvalue weighted by atomic mass is 79.9. The smallest absolute Gasteiger partial charge is 0.176 e. The Morgan fingerprint density at radius 2 is 1.54 bits per heavy atom. The van der Waals surface area contributed by atoms with Crippen molar-refractivity contribution in [3.8, 4) is 0 Å². The Bertz CT molecular complexity index is 132. The van der Waals surface area contributed by atoms with Crippen LogP contribution in [0.25, 0.3) is 0 Å². The molecule has 0 aromatic carbocycles. The molecule has 4 heteroatoms. The minimum Gasteiger partial charge on any atom is -0.293 e. The third-order valence-electron chi connectivity index (χ3n) is 2.56. The average molecular weight is 265 g/mol. The highest BCUT2D eigenvalue weighted by Crippen LogP contribution is 2.22. The van der Waals surface area contributed by atoms with Gasteiger partial charge in [-0.05, 0) is 25.9 Å². The molecule has 0 unspecified atom stereocenters.